The molecule has 168 valence electrons. The molecule has 0 radical (unpaired) electrons. The van der Waals surface area contributed by atoms with Crippen molar-refractivity contribution >= 4 is 6.08 Å². The van der Waals surface area contributed by atoms with Crippen LogP contribution in [0, 0.1) is 5.82 Å². The molecule has 3 rings (SSSR count). The predicted molar refractivity (Wildman–Crippen MR) is 113 cm³/mol. The van der Waals surface area contributed by atoms with Crippen LogP contribution in [0.1, 0.15) is 49.2 Å². The average molecular weight is 436 g/mol. The summed E-state index contributed by atoms with van der Waals surface area (Å²) in [6.07, 6.45) is -1.18. The Morgan fingerprint density at radius 1 is 1.13 bits per heavy atom. The first-order chi connectivity index (χ1) is 14.6. The zero-order valence-electron chi connectivity index (χ0n) is 18.1. The lowest BCUT2D eigenvalue weighted by Gasteiger charge is -2.41. The molecule has 1 aromatic heterocycles. The molecule has 1 saturated heterocycles. The summed E-state index contributed by atoms with van der Waals surface area (Å²) in [4.78, 5) is 6.55. The number of halogens is 4. The first-order valence-electron chi connectivity index (χ1n) is 10.3. The summed E-state index contributed by atoms with van der Waals surface area (Å²) in [5.74, 6) is -0.298. The first kappa shape index (κ1) is 23.4. The van der Waals surface area contributed by atoms with Gasteiger partial charge >= 0.3 is 6.18 Å². The summed E-state index contributed by atoms with van der Waals surface area (Å²) >= 11 is 0. The van der Waals surface area contributed by atoms with Crippen LogP contribution in [0.5, 0.6) is 0 Å². The molecule has 0 saturated carbocycles. The molecular formula is C24H28F4N2O. The maximum atomic E-state index is 13.4. The molecule has 0 atom stereocenters. The van der Waals surface area contributed by atoms with Gasteiger partial charge in [0.1, 0.15) is 5.82 Å². The van der Waals surface area contributed by atoms with E-state index >= 15 is 0 Å². The predicted octanol–water partition coefficient (Wildman–Crippen LogP) is 5.84. The van der Waals surface area contributed by atoms with E-state index in [0.29, 0.717) is 6.61 Å². The number of ether oxygens (including phenoxy) is 1. The van der Waals surface area contributed by atoms with Gasteiger partial charge in [-0.2, -0.15) is 13.2 Å². The summed E-state index contributed by atoms with van der Waals surface area (Å²) in [7, 11) is 2.05. The van der Waals surface area contributed by atoms with E-state index in [1.807, 2.05) is 20.9 Å². The first-order valence-corrected chi connectivity index (χ1v) is 10.3. The molecule has 2 heterocycles. The highest BCUT2D eigenvalue weighted by Gasteiger charge is 2.36. The number of alkyl halides is 3. The molecule has 1 fully saturated rings. The van der Waals surface area contributed by atoms with Crippen molar-refractivity contribution in [2.24, 2.45) is 0 Å². The lowest BCUT2D eigenvalue weighted by Crippen LogP contribution is -2.43. The van der Waals surface area contributed by atoms with Crippen LogP contribution in [0.15, 0.2) is 42.0 Å². The van der Waals surface area contributed by atoms with Crippen LogP contribution in [0.25, 0.3) is 6.08 Å². The van der Waals surface area contributed by atoms with Gasteiger partial charge in [0.2, 0.25) is 0 Å². The van der Waals surface area contributed by atoms with Gasteiger partial charge in [-0.1, -0.05) is 17.7 Å². The van der Waals surface area contributed by atoms with E-state index in [2.05, 4.69) is 9.88 Å². The highest BCUT2D eigenvalue weighted by atomic mass is 19.4. The second kappa shape index (κ2) is 9.49. The van der Waals surface area contributed by atoms with Gasteiger partial charge in [0.05, 0.1) is 30.2 Å². The van der Waals surface area contributed by atoms with Gasteiger partial charge in [-0.25, -0.2) is 4.39 Å². The second-order valence-electron chi connectivity index (χ2n) is 8.57. The Hall–Kier alpha value is -2.25. The minimum absolute atomic E-state index is 0.0215. The standard InChI is InChI=1S/C24H28F4N2O/c1-17(2)12-21-13-19(24(26,27)28)14-22(29-21)15-31-16-23(8-10-30(3)11-9-23)18-4-6-20(25)7-5-18/h4-7,12-14H,8-11,15-16H2,1-3H3. The number of benzene rings is 1. The highest BCUT2D eigenvalue weighted by Crippen LogP contribution is 2.36. The number of piperidine rings is 1. The molecule has 0 aliphatic carbocycles. The van der Waals surface area contributed by atoms with Crippen molar-refractivity contribution in [1.29, 1.82) is 0 Å². The normalized spacial score (nSPS) is 16.9. The molecule has 0 amide bonds. The van der Waals surface area contributed by atoms with Crippen molar-refractivity contribution in [3.8, 4) is 0 Å². The molecule has 7 heteroatoms. The number of hydrogen-bond acceptors (Lipinski definition) is 3. The second-order valence-corrected chi connectivity index (χ2v) is 8.57. The molecule has 0 unspecified atom stereocenters. The largest absolute Gasteiger partial charge is 0.416 e. The maximum Gasteiger partial charge on any atom is 0.416 e. The third-order valence-corrected chi connectivity index (χ3v) is 5.69. The smallest absolute Gasteiger partial charge is 0.374 e. The Morgan fingerprint density at radius 3 is 2.35 bits per heavy atom. The van der Waals surface area contributed by atoms with Crippen molar-refractivity contribution < 1.29 is 22.3 Å². The molecule has 1 aliphatic rings. The van der Waals surface area contributed by atoms with Crippen molar-refractivity contribution in [3.05, 3.63) is 70.3 Å². The van der Waals surface area contributed by atoms with Crippen molar-refractivity contribution in [2.75, 3.05) is 26.7 Å². The van der Waals surface area contributed by atoms with E-state index in [4.69, 9.17) is 4.74 Å². The van der Waals surface area contributed by atoms with E-state index in [0.717, 1.165) is 49.2 Å². The van der Waals surface area contributed by atoms with Crippen LogP contribution in [0.3, 0.4) is 0 Å². The molecule has 31 heavy (non-hydrogen) atoms. The van der Waals surface area contributed by atoms with Gasteiger partial charge < -0.3 is 9.64 Å². The number of rotatable bonds is 6. The van der Waals surface area contributed by atoms with Gasteiger partial charge in [0.25, 0.3) is 0 Å². The number of allylic oxidation sites excluding steroid dienone is 1. The van der Waals surface area contributed by atoms with Gasteiger partial charge in [-0.05, 0) is 82.7 Å². The zero-order chi connectivity index (χ0) is 22.6. The fraction of sp³-hybridized carbons (Fsp3) is 0.458. The monoisotopic (exact) mass is 436 g/mol. The third kappa shape index (κ3) is 6.14. The van der Waals surface area contributed by atoms with Gasteiger partial charge in [-0.15, -0.1) is 0 Å². The quantitative estimate of drug-likeness (QED) is 0.532. The van der Waals surface area contributed by atoms with E-state index in [1.54, 1.807) is 18.2 Å². The van der Waals surface area contributed by atoms with Crippen molar-refractivity contribution in [3.63, 3.8) is 0 Å². The van der Waals surface area contributed by atoms with Crippen LogP contribution < -0.4 is 0 Å². The number of pyridine rings is 1. The maximum absolute atomic E-state index is 13.4. The molecule has 0 N–H and O–H groups in total. The number of aromatic nitrogens is 1. The Labute approximate surface area is 180 Å². The van der Waals surface area contributed by atoms with Crippen LogP contribution >= 0.6 is 0 Å². The van der Waals surface area contributed by atoms with E-state index in [-0.39, 0.29) is 29.2 Å². The van der Waals surface area contributed by atoms with E-state index in [9.17, 15) is 17.6 Å². The molecule has 2 aromatic rings. The zero-order valence-corrected chi connectivity index (χ0v) is 18.1. The van der Waals surface area contributed by atoms with Crippen molar-refractivity contribution in [2.45, 2.75) is 44.9 Å². The Bertz CT molecular complexity index is 910. The van der Waals surface area contributed by atoms with E-state index < -0.39 is 11.7 Å². The molecule has 0 spiro atoms. The molecule has 0 bridgehead atoms. The minimum atomic E-state index is -4.45. The number of likely N-dealkylation sites (tertiary alicyclic amines) is 1. The molecule has 1 aromatic carbocycles. The minimum Gasteiger partial charge on any atom is -0.374 e. The summed E-state index contributed by atoms with van der Waals surface area (Å²) in [6, 6.07) is 8.53. The fourth-order valence-electron chi connectivity index (χ4n) is 3.94. The molecule has 3 nitrogen and oxygen atoms in total. The van der Waals surface area contributed by atoms with Gasteiger partial charge in [0, 0.05) is 5.41 Å². The summed E-state index contributed by atoms with van der Waals surface area (Å²) in [5.41, 5.74) is 1.32. The van der Waals surface area contributed by atoms with Crippen LogP contribution in [0.4, 0.5) is 17.6 Å². The van der Waals surface area contributed by atoms with Crippen LogP contribution in [0.2, 0.25) is 0 Å². The third-order valence-electron chi connectivity index (χ3n) is 5.69. The highest BCUT2D eigenvalue weighted by molar-refractivity contribution is 5.49. The fourth-order valence-corrected chi connectivity index (χ4v) is 3.94. The lowest BCUT2D eigenvalue weighted by atomic mass is 9.73. The molecule has 1 aliphatic heterocycles. The Balaban J connectivity index is 1.80. The van der Waals surface area contributed by atoms with E-state index in [1.165, 1.54) is 12.1 Å². The Morgan fingerprint density at radius 2 is 1.77 bits per heavy atom. The van der Waals surface area contributed by atoms with Crippen LogP contribution in [-0.2, 0) is 22.9 Å². The SMILES string of the molecule is CC(C)=Cc1cc(C(F)(F)F)cc(COCC2(c3ccc(F)cc3)CCN(C)CC2)n1. The summed E-state index contributed by atoms with van der Waals surface area (Å²) in [6.45, 7) is 5.67. The molecular weight excluding hydrogens is 408 g/mol. The number of nitrogens with zero attached hydrogens (tertiary/aromatic N) is 2. The average Bonchev–Trinajstić information content (AvgIpc) is 2.69. The van der Waals surface area contributed by atoms with Crippen molar-refractivity contribution in [1.82, 2.24) is 9.88 Å². The summed E-state index contributed by atoms with van der Waals surface area (Å²) < 4.78 is 59.4. The van der Waals surface area contributed by atoms with Gasteiger partial charge in [0.15, 0.2) is 0 Å². The lowest BCUT2D eigenvalue weighted by molar-refractivity contribution is -0.137. The number of hydrogen-bond donors (Lipinski definition) is 0. The van der Waals surface area contributed by atoms with Gasteiger partial charge in [-0.3, -0.25) is 4.98 Å². The summed E-state index contributed by atoms with van der Waals surface area (Å²) in [5, 5.41) is 0. The topological polar surface area (TPSA) is 25.4 Å². The van der Waals surface area contributed by atoms with Crippen LogP contribution in [-0.4, -0.2) is 36.6 Å². The Kier molecular flexibility index (Phi) is 7.17.